The van der Waals surface area contributed by atoms with Crippen LogP contribution in [0.2, 0.25) is 0 Å². The van der Waals surface area contributed by atoms with Gasteiger partial charge in [-0.2, -0.15) is 0 Å². The van der Waals surface area contributed by atoms with Gasteiger partial charge in [0.15, 0.2) is 0 Å². The second-order valence-electron chi connectivity index (χ2n) is 3.62. The lowest BCUT2D eigenvalue weighted by Crippen LogP contribution is -2.34. The fourth-order valence-electron chi connectivity index (χ4n) is 1.73. The molecule has 0 aromatic carbocycles. The third-order valence-corrected chi connectivity index (χ3v) is 2.50. The van der Waals surface area contributed by atoms with Crippen molar-refractivity contribution in [3.63, 3.8) is 0 Å². The summed E-state index contributed by atoms with van der Waals surface area (Å²) in [4.78, 5) is 0. The third-order valence-electron chi connectivity index (χ3n) is 2.50. The Morgan fingerprint density at radius 2 is 2.08 bits per heavy atom. The molecule has 1 aliphatic rings. The molecule has 0 bridgehead atoms. The van der Waals surface area contributed by atoms with Gasteiger partial charge in [0.25, 0.3) is 0 Å². The van der Waals surface area contributed by atoms with Gasteiger partial charge in [-0.1, -0.05) is 12.8 Å². The first-order valence-corrected chi connectivity index (χ1v) is 4.94. The van der Waals surface area contributed by atoms with Crippen LogP contribution in [-0.2, 0) is 0 Å². The summed E-state index contributed by atoms with van der Waals surface area (Å²) in [5.41, 5.74) is 5.33. The van der Waals surface area contributed by atoms with Crippen molar-refractivity contribution in [1.82, 2.24) is 5.32 Å². The molecule has 0 radical (unpaired) electrons. The van der Waals surface area contributed by atoms with Crippen LogP contribution < -0.4 is 11.1 Å². The Morgan fingerprint density at radius 3 is 2.67 bits per heavy atom. The minimum absolute atomic E-state index is 0.254. The van der Waals surface area contributed by atoms with Gasteiger partial charge in [0.2, 0.25) is 0 Å². The van der Waals surface area contributed by atoms with E-state index in [0.29, 0.717) is 25.6 Å². The van der Waals surface area contributed by atoms with Crippen molar-refractivity contribution in [3.8, 4) is 0 Å². The number of rotatable bonds is 5. The Labute approximate surface area is 74.3 Å². The smallest absolute Gasteiger partial charge is 0.0676 e. The molecule has 0 heterocycles. The summed E-state index contributed by atoms with van der Waals surface area (Å²) in [7, 11) is 0. The highest BCUT2D eigenvalue weighted by Gasteiger charge is 2.14. The van der Waals surface area contributed by atoms with Crippen LogP contribution in [0.15, 0.2) is 0 Å². The van der Waals surface area contributed by atoms with Gasteiger partial charge in [0, 0.05) is 12.6 Å². The molecule has 1 atom stereocenters. The number of aliphatic hydroxyl groups excluding tert-OH is 1. The van der Waals surface area contributed by atoms with Gasteiger partial charge in [-0.05, 0) is 25.8 Å². The first kappa shape index (κ1) is 9.96. The van der Waals surface area contributed by atoms with E-state index in [2.05, 4.69) is 5.32 Å². The number of hydrogen-bond donors (Lipinski definition) is 3. The number of nitrogens with two attached hydrogens (primary N) is 1. The van der Waals surface area contributed by atoms with E-state index in [9.17, 15) is 5.11 Å². The molecular weight excluding hydrogens is 152 g/mol. The number of hydrogen-bond acceptors (Lipinski definition) is 3. The molecule has 0 saturated heterocycles. The third kappa shape index (κ3) is 3.52. The molecule has 1 unspecified atom stereocenters. The standard InChI is InChI=1S/C9H20N2O/c10-6-5-9(12)7-11-8-3-1-2-4-8/h8-9,11-12H,1-7,10H2. The second-order valence-corrected chi connectivity index (χ2v) is 3.62. The second kappa shape index (κ2) is 5.51. The highest BCUT2D eigenvalue weighted by molar-refractivity contribution is 4.74. The van der Waals surface area contributed by atoms with Crippen LogP contribution in [0.4, 0.5) is 0 Å². The normalized spacial score (nSPS) is 21.5. The van der Waals surface area contributed by atoms with Crippen molar-refractivity contribution in [2.75, 3.05) is 13.1 Å². The van der Waals surface area contributed by atoms with Crippen LogP contribution in [0.25, 0.3) is 0 Å². The molecule has 4 N–H and O–H groups in total. The number of nitrogens with one attached hydrogen (secondary N) is 1. The molecule has 1 aliphatic carbocycles. The van der Waals surface area contributed by atoms with E-state index < -0.39 is 0 Å². The van der Waals surface area contributed by atoms with E-state index in [1.165, 1.54) is 25.7 Å². The van der Waals surface area contributed by atoms with Crippen molar-refractivity contribution in [1.29, 1.82) is 0 Å². The Bertz CT molecular complexity index is 113. The Morgan fingerprint density at radius 1 is 1.42 bits per heavy atom. The van der Waals surface area contributed by atoms with Crippen molar-refractivity contribution in [2.45, 2.75) is 44.2 Å². The number of aliphatic hydroxyl groups is 1. The van der Waals surface area contributed by atoms with E-state index in [1.54, 1.807) is 0 Å². The molecule has 0 aliphatic heterocycles. The summed E-state index contributed by atoms with van der Waals surface area (Å²) in [6.07, 6.45) is 5.68. The predicted octanol–water partition coefficient (Wildman–Crippen LogP) is 0.228. The zero-order valence-corrected chi connectivity index (χ0v) is 7.63. The minimum Gasteiger partial charge on any atom is -0.392 e. The summed E-state index contributed by atoms with van der Waals surface area (Å²) in [6.45, 7) is 1.29. The summed E-state index contributed by atoms with van der Waals surface area (Å²) >= 11 is 0. The fourth-order valence-corrected chi connectivity index (χ4v) is 1.73. The monoisotopic (exact) mass is 172 g/mol. The topological polar surface area (TPSA) is 58.3 Å². The van der Waals surface area contributed by atoms with Crippen LogP contribution >= 0.6 is 0 Å². The molecule has 72 valence electrons. The van der Waals surface area contributed by atoms with Crippen molar-refractivity contribution < 1.29 is 5.11 Å². The highest BCUT2D eigenvalue weighted by atomic mass is 16.3. The van der Waals surface area contributed by atoms with Crippen LogP contribution in [0.1, 0.15) is 32.1 Å². The Balaban J connectivity index is 1.99. The molecule has 0 aromatic rings. The first-order valence-electron chi connectivity index (χ1n) is 4.94. The maximum absolute atomic E-state index is 9.37. The van der Waals surface area contributed by atoms with Crippen LogP contribution in [-0.4, -0.2) is 30.3 Å². The van der Waals surface area contributed by atoms with E-state index in [1.807, 2.05) is 0 Å². The lowest BCUT2D eigenvalue weighted by atomic mass is 10.2. The molecule has 1 fully saturated rings. The van der Waals surface area contributed by atoms with Crippen LogP contribution in [0, 0.1) is 0 Å². The predicted molar refractivity (Wildman–Crippen MR) is 49.9 cm³/mol. The molecule has 1 rings (SSSR count). The largest absolute Gasteiger partial charge is 0.392 e. The molecule has 1 saturated carbocycles. The Hall–Kier alpha value is -0.120. The average molecular weight is 172 g/mol. The summed E-state index contributed by atoms with van der Waals surface area (Å²) in [5, 5.41) is 12.7. The summed E-state index contributed by atoms with van der Waals surface area (Å²) in [5.74, 6) is 0. The van der Waals surface area contributed by atoms with Gasteiger partial charge >= 0.3 is 0 Å². The van der Waals surface area contributed by atoms with Crippen molar-refractivity contribution in [2.24, 2.45) is 5.73 Å². The molecule has 3 nitrogen and oxygen atoms in total. The van der Waals surface area contributed by atoms with E-state index >= 15 is 0 Å². The van der Waals surface area contributed by atoms with Gasteiger partial charge in [-0.15, -0.1) is 0 Å². The summed E-state index contributed by atoms with van der Waals surface area (Å²) in [6, 6.07) is 0.650. The molecule has 0 spiro atoms. The van der Waals surface area contributed by atoms with Gasteiger partial charge < -0.3 is 16.2 Å². The zero-order chi connectivity index (χ0) is 8.81. The van der Waals surface area contributed by atoms with Gasteiger partial charge in [0.1, 0.15) is 0 Å². The SMILES string of the molecule is NCCC(O)CNC1CCCC1. The van der Waals surface area contributed by atoms with Crippen LogP contribution in [0.5, 0.6) is 0 Å². The maximum Gasteiger partial charge on any atom is 0.0676 e. The first-order chi connectivity index (χ1) is 5.83. The summed E-state index contributed by atoms with van der Waals surface area (Å²) < 4.78 is 0. The lowest BCUT2D eigenvalue weighted by molar-refractivity contribution is 0.160. The lowest BCUT2D eigenvalue weighted by Gasteiger charge is -2.15. The minimum atomic E-state index is -0.254. The average Bonchev–Trinajstić information content (AvgIpc) is 2.53. The quantitative estimate of drug-likeness (QED) is 0.556. The van der Waals surface area contributed by atoms with E-state index in [4.69, 9.17) is 5.73 Å². The molecular formula is C9H20N2O. The Kier molecular flexibility index (Phi) is 4.58. The molecule has 0 aromatic heterocycles. The van der Waals surface area contributed by atoms with Crippen molar-refractivity contribution >= 4 is 0 Å². The molecule has 12 heavy (non-hydrogen) atoms. The van der Waals surface area contributed by atoms with Gasteiger partial charge in [0.05, 0.1) is 6.10 Å². The zero-order valence-electron chi connectivity index (χ0n) is 7.63. The van der Waals surface area contributed by atoms with E-state index in [-0.39, 0.29) is 6.10 Å². The van der Waals surface area contributed by atoms with Crippen LogP contribution in [0.3, 0.4) is 0 Å². The van der Waals surface area contributed by atoms with Crippen molar-refractivity contribution in [3.05, 3.63) is 0 Å². The van der Waals surface area contributed by atoms with Gasteiger partial charge in [-0.25, -0.2) is 0 Å². The van der Waals surface area contributed by atoms with Gasteiger partial charge in [-0.3, -0.25) is 0 Å². The highest BCUT2D eigenvalue weighted by Crippen LogP contribution is 2.17. The fraction of sp³-hybridized carbons (Fsp3) is 1.00. The van der Waals surface area contributed by atoms with E-state index in [0.717, 1.165) is 0 Å². The maximum atomic E-state index is 9.37. The molecule has 0 amide bonds. The molecule has 3 heteroatoms.